The van der Waals surface area contributed by atoms with Crippen LogP contribution < -0.4 is 35.3 Å². The number of carbonyl (C=O) groups excluding carboxylic acids is 2. The van der Waals surface area contributed by atoms with Crippen molar-refractivity contribution in [2.75, 3.05) is 108 Å². The number of hydroxylamine groups is 1. The zero-order valence-corrected chi connectivity index (χ0v) is 41.2. The number of piperazine rings is 1. The quantitative estimate of drug-likeness (QED) is 0.0130. The van der Waals surface area contributed by atoms with Crippen LogP contribution in [-0.2, 0) is 30.1 Å². The molecule has 2 aromatic heterocycles. The minimum absolute atomic E-state index is 0.0468. The molecule has 24 heteroatoms. The van der Waals surface area contributed by atoms with E-state index in [0.717, 1.165) is 51.9 Å². The van der Waals surface area contributed by atoms with Gasteiger partial charge in [0.1, 0.15) is 25.2 Å². The number of carboxylic acid groups (broad SMARTS) is 1. The molecule has 0 radical (unpaired) electrons. The van der Waals surface area contributed by atoms with Crippen LogP contribution in [0.4, 0.5) is 16.7 Å². The third-order valence-electron chi connectivity index (χ3n) is 12.1. The number of halogens is 2. The van der Waals surface area contributed by atoms with Crippen LogP contribution in [0.2, 0.25) is 0 Å². The number of rotatable bonds is 29. The van der Waals surface area contributed by atoms with Crippen LogP contribution in [0.15, 0.2) is 21.2 Å². The Bertz CT molecular complexity index is 2190. The number of anilines is 2. The van der Waals surface area contributed by atoms with Gasteiger partial charge >= 0.3 is 18.1 Å². The highest BCUT2D eigenvalue weighted by Crippen LogP contribution is 2.52. The Kier molecular flexibility index (Phi) is 20.5. The molecule has 3 heterocycles. The van der Waals surface area contributed by atoms with Gasteiger partial charge in [-0.05, 0) is 74.9 Å². The lowest BCUT2D eigenvalue weighted by atomic mass is 10.1. The number of carbonyl (C=O) groups is 3. The molecular weight excluding hydrogens is 1030 g/mol. The van der Waals surface area contributed by atoms with E-state index in [1.807, 2.05) is 4.90 Å². The summed E-state index contributed by atoms with van der Waals surface area (Å²) in [5.74, 6) is 8.68. The predicted octanol–water partition coefficient (Wildman–Crippen LogP) is 3.88. The number of aromatic amines is 1. The molecule has 3 aromatic rings. The Morgan fingerprint density at radius 2 is 1.76 bits per heavy atom. The first-order chi connectivity index (χ1) is 32.5. The standard InChI is InChI=1S/C43H59Br2N9O12S/c44-33-25-34-37(35(26-48-34)66-52-29(27-56)9-10-36(57)58)38(45)39(33)63-22-23-64-42-50-40(49-41(51-42)53-13-17-54(18-14-53,15-5-19-55)16-6-24-67(60)61)46-11-20-62-21-12-47-43(59)65-28-32-30-7-3-1-2-4-8-31(30)32/h25-27,29-32,48,52,55H,3-24,28H2,(H3-,46,47,49,50,51,57,58,59,60,61)/p+1/t29-,30-,31+,32?/m0/s1. The highest BCUT2D eigenvalue weighted by molar-refractivity contribution is 9.11. The molecule has 1 aliphatic heterocycles. The Morgan fingerprint density at radius 1 is 1.03 bits per heavy atom. The van der Waals surface area contributed by atoms with Crippen molar-refractivity contribution in [3.05, 3.63) is 21.2 Å². The molecule has 1 aromatic carbocycles. The van der Waals surface area contributed by atoms with Gasteiger partial charge in [0.25, 0.3) is 0 Å². The van der Waals surface area contributed by atoms with Crippen molar-refractivity contribution >= 4 is 84.1 Å². The Hall–Kier alpha value is -4.35. The van der Waals surface area contributed by atoms with Crippen molar-refractivity contribution in [3.8, 4) is 29.4 Å². The zero-order valence-electron chi connectivity index (χ0n) is 37.2. The molecular formula is C43H60Br2N9O12S+. The second-order valence-corrected chi connectivity index (χ2v) is 19.3. The van der Waals surface area contributed by atoms with Crippen molar-refractivity contribution < 1.29 is 61.6 Å². The van der Waals surface area contributed by atoms with E-state index in [4.69, 9.17) is 33.9 Å². The van der Waals surface area contributed by atoms with Gasteiger partial charge in [-0.3, -0.25) is 4.79 Å². The molecule has 0 bridgehead atoms. The van der Waals surface area contributed by atoms with Crippen molar-refractivity contribution in [2.24, 2.45) is 17.8 Å². The number of aliphatic hydroxyl groups is 1. The summed E-state index contributed by atoms with van der Waals surface area (Å²) < 4.78 is 46.1. The van der Waals surface area contributed by atoms with Gasteiger partial charge in [-0.25, -0.2) is 9.00 Å². The molecule has 2 aliphatic carbocycles. The van der Waals surface area contributed by atoms with E-state index in [1.165, 1.54) is 0 Å². The lowest BCUT2D eigenvalue weighted by Gasteiger charge is -2.45. The summed E-state index contributed by atoms with van der Waals surface area (Å²) in [7, 11) is 0. The smallest absolute Gasteiger partial charge is 0.407 e. The fourth-order valence-corrected chi connectivity index (χ4v) is 10.4. The average Bonchev–Trinajstić information content (AvgIpc) is 3.77. The van der Waals surface area contributed by atoms with Gasteiger partial charge in [0.2, 0.25) is 11.9 Å². The summed E-state index contributed by atoms with van der Waals surface area (Å²) in [6, 6.07) is 1.03. The number of carboxylic acids is 1. The van der Waals surface area contributed by atoms with Crippen molar-refractivity contribution in [1.29, 1.82) is 0 Å². The van der Waals surface area contributed by atoms with E-state index in [1.54, 1.807) is 12.3 Å². The van der Waals surface area contributed by atoms with Gasteiger partial charge in [0.15, 0.2) is 16.8 Å². The van der Waals surface area contributed by atoms with Crippen LogP contribution in [0.1, 0.15) is 51.4 Å². The maximum Gasteiger partial charge on any atom is 0.407 e. The number of aldehydes is 1. The van der Waals surface area contributed by atoms with Crippen LogP contribution in [0.5, 0.6) is 17.5 Å². The molecule has 1 saturated carbocycles. The average molecular weight is 1090 g/mol. The minimum Gasteiger partial charge on any atom is -0.488 e. The maximum absolute atomic E-state index is 12.3. The number of aliphatic hydroxyl groups excluding tert-OH is 1. The molecule has 67 heavy (non-hydrogen) atoms. The lowest BCUT2D eigenvalue weighted by molar-refractivity contribution is -0.928. The van der Waals surface area contributed by atoms with Gasteiger partial charge < -0.3 is 68.3 Å². The first kappa shape index (κ1) is 52.0. The Labute approximate surface area is 408 Å². The minimum atomic E-state index is -1.87. The maximum atomic E-state index is 12.3. The number of ether oxygens (including phenoxy) is 4. The summed E-state index contributed by atoms with van der Waals surface area (Å²) in [4.78, 5) is 59.6. The number of aromatic nitrogens is 4. The largest absolute Gasteiger partial charge is 0.488 e. The molecule has 5 atom stereocenters. The third-order valence-corrected chi connectivity index (χ3v) is 14.1. The van der Waals surface area contributed by atoms with Crippen LogP contribution in [0.3, 0.4) is 0 Å². The molecule has 368 valence electrons. The fourth-order valence-electron chi connectivity index (χ4n) is 8.51. The number of amides is 1. The molecule has 3 aliphatic rings. The Morgan fingerprint density at radius 3 is 2.48 bits per heavy atom. The molecule has 0 spiro atoms. The zero-order chi connectivity index (χ0) is 47.6. The van der Waals surface area contributed by atoms with E-state index in [2.05, 4.69) is 74.8 Å². The van der Waals surface area contributed by atoms with Crippen LogP contribution in [0, 0.1) is 29.6 Å². The summed E-state index contributed by atoms with van der Waals surface area (Å²) in [5, 5.41) is 25.2. The molecule has 2 unspecified atom stereocenters. The lowest BCUT2D eigenvalue weighted by Crippen LogP contribution is -2.61. The molecule has 1 saturated heterocycles. The van der Waals surface area contributed by atoms with Gasteiger partial charge in [0, 0.05) is 58.0 Å². The van der Waals surface area contributed by atoms with Crippen molar-refractivity contribution in [2.45, 2.75) is 57.4 Å². The number of aliphatic carboxylic acids is 1. The predicted molar refractivity (Wildman–Crippen MR) is 254 cm³/mol. The van der Waals surface area contributed by atoms with E-state index >= 15 is 0 Å². The van der Waals surface area contributed by atoms with Crippen molar-refractivity contribution in [3.63, 3.8) is 0 Å². The van der Waals surface area contributed by atoms with E-state index in [9.17, 15) is 28.3 Å². The number of benzene rings is 1. The van der Waals surface area contributed by atoms with Crippen LogP contribution in [-0.4, -0.2) is 166 Å². The number of nitrogens with zero attached hydrogens (tertiary/aromatic N) is 5. The number of fused-ring (bicyclic) bond motifs is 2. The summed E-state index contributed by atoms with van der Waals surface area (Å²) in [6.45, 7) is 5.94. The normalized spacial score (nSPS) is 19.4. The fraction of sp³-hybridized carbons (Fsp3) is 0.628. The molecule has 2 fully saturated rings. The van der Waals surface area contributed by atoms with Crippen LogP contribution in [0.25, 0.3) is 10.9 Å². The summed E-state index contributed by atoms with van der Waals surface area (Å²) in [5.41, 5.74) is 3.32. The van der Waals surface area contributed by atoms with Crippen molar-refractivity contribution in [1.82, 2.24) is 30.7 Å². The highest BCUT2D eigenvalue weighted by Gasteiger charge is 2.49. The first-order valence-electron chi connectivity index (χ1n) is 22.6. The van der Waals surface area contributed by atoms with E-state index in [-0.39, 0.29) is 57.0 Å². The second-order valence-electron chi connectivity index (χ2n) is 16.6. The molecule has 21 nitrogen and oxygen atoms in total. The molecule has 6 rings (SSSR count). The Balaban J connectivity index is 1.02. The number of alkyl carbamates (subject to hydrolysis) is 1. The monoisotopic (exact) mass is 1080 g/mol. The van der Waals surface area contributed by atoms with Gasteiger partial charge in [-0.2, -0.15) is 15.0 Å². The number of hydrogen-bond donors (Lipinski definition) is 7. The van der Waals surface area contributed by atoms with Gasteiger partial charge in [-0.1, -0.05) is 0 Å². The third kappa shape index (κ3) is 15.8. The topological polar surface area (TPSA) is 269 Å². The van der Waals surface area contributed by atoms with Gasteiger partial charge in [0.05, 0.1) is 90.7 Å². The number of hydrogen-bond acceptors (Lipinski definition) is 16. The highest BCUT2D eigenvalue weighted by atomic mass is 79.9. The SMILES string of the molecule is O=C[C@H](CCC(=O)O)NOc1c[nH]c2cc(Br)c(OCCOc3nc(NCCOCCNC(=O)OCC4[C@H]5CCC#CCC[C@@H]45)nc(N4CC[N+](CCCO)(CCCS(=O)O)CC4)n3)c(Br)c12. The first-order valence-corrected chi connectivity index (χ1v) is 25.4. The molecule has 7 N–H and O–H groups in total. The summed E-state index contributed by atoms with van der Waals surface area (Å²) >= 11 is 5.32. The summed E-state index contributed by atoms with van der Waals surface area (Å²) in [6.07, 6.45) is 6.77. The number of H-pyrrole nitrogens is 1. The van der Waals surface area contributed by atoms with Crippen LogP contribution >= 0.6 is 31.9 Å². The van der Waals surface area contributed by atoms with E-state index in [0.29, 0.717) is 118 Å². The molecule has 1 amide bonds. The second kappa shape index (κ2) is 26.4. The van der Waals surface area contributed by atoms with Gasteiger partial charge in [-0.15, -0.1) is 17.3 Å². The van der Waals surface area contributed by atoms with E-state index < -0.39 is 29.2 Å². The number of nitrogens with one attached hydrogen (secondary N) is 4. The number of quaternary nitrogens is 1.